The first-order valence-corrected chi connectivity index (χ1v) is 4.40. The van der Waals surface area contributed by atoms with Gasteiger partial charge in [0.2, 0.25) is 0 Å². The van der Waals surface area contributed by atoms with Crippen molar-refractivity contribution in [1.82, 2.24) is 0 Å². The Labute approximate surface area is 78.2 Å². The lowest BCUT2D eigenvalue weighted by molar-refractivity contribution is -0.136. The molecule has 0 aromatic heterocycles. The summed E-state index contributed by atoms with van der Waals surface area (Å²) >= 11 is 0. The molecule has 1 atom stereocenters. The molecule has 2 nitrogen and oxygen atoms in total. The van der Waals surface area contributed by atoms with E-state index < -0.39 is 5.60 Å². The molecule has 1 aromatic carbocycles. The predicted octanol–water partition coefficient (Wildman–Crippen LogP) is 1.87. The molecule has 1 rings (SSSR count). The van der Waals surface area contributed by atoms with Crippen LogP contribution in [0.1, 0.15) is 25.8 Å². The van der Waals surface area contributed by atoms with Crippen LogP contribution in [0.2, 0.25) is 0 Å². The van der Waals surface area contributed by atoms with Crippen molar-refractivity contribution in [3.05, 3.63) is 35.9 Å². The quantitative estimate of drug-likeness (QED) is 0.767. The van der Waals surface area contributed by atoms with Crippen molar-refractivity contribution < 1.29 is 9.90 Å². The fraction of sp³-hybridized carbons (Fsp3) is 0.364. The Balaban J connectivity index is 3.00. The Hall–Kier alpha value is -1.15. The van der Waals surface area contributed by atoms with Gasteiger partial charge in [-0.15, -0.1) is 0 Å². The second-order valence-electron chi connectivity index (χ2n) is 3.21. The molecule has 2 heteroatoms. The molecule has 0 spiro atoms. The monoisotopic (exact) mass is 178 g/mol. The van der Waals surface area contributed by atoms with Gasteiger partial charge in [0.1, 0.15) is 5.60 Å². The van der Waals surface area contributed by atoms with E-state index in [4.69, 9.17) is 0 Å². The third-order valence-electron chi connectivity index (χ3n) is 2.20. The number of aliphatic hydroxyl groups is 1. The number of rotatable bonds is 3. The largest absolute Gasteiger partial charge is 0.378 e. The SMILES string of the molecule is CCC(=O)C(C)(O)c1ccccc1. The van der Waals surface area contributed by atoms with Gasteiger partial charge in [-0.05, 0) is 12.5 Å². The van der Waals surface area contributed by atoms with Crippen LogP contribution in [0, 0.1) is 0 Å². The van der Waals surface area contributed by atoms with E-state index in [2.05, 4.69) is 0 Å². The van der Waals surface area contributed by atoms with E-state index in [9.17, 15) is 9.90 Å². The molecule has 0 aliphatic carbocycles. The summed E-state index contributed by atoms with van der Waals surface area (Å²) in [7, 11) is 0. The zero-order chi connectivity index (χ0) is 9.90. The van der Waals surface area contributed by atoms with Gasteiger partial charge >= 0.3 is 0 Å². The maximum atomic E-state index is 11.4. The molecule has 0 heterocycles. The van der Waals surface area contributed by atoms with Crippen molar-refractivity contribution in [3.63, 3.8) is 0 Å². The first-order valence-electron chi connectivity index (χ1n) is 4.40. The van der Waals surface area contributed by atoms with Crippen LogP contribution in [0.4, 0.5) is 0 Å². The summed E-state index contributed by atoms with van der Waals surface area (Å²) in [6.07, 6.45) is 0.349. The number of benzene rings is 1. The van der Waals surface area contributed by atoms with Crippen molar-refractivity contribution >= 4 is 5.78 Å². The molecular formula is C11H14O2. The fourth-order valence-corrected chi connectivity index (χ4v) is 1.27. The molecule has 13 heavy (non-hydrogen) atoms. The first kappa shape index (κ1) is 9.93. The van der Waals surface area contributed by atoms with Crippen molar-refractivity contribution in [2.45, 2.75) is 25.9 Å². The fourth-order valence-electron chi connectivity index (χ4n) is 1.27. The summed E-state index contributed by atoms with van der Waals surface area (Å²) in [5.74, 6) is -0.154. The van der Waals surface area contributed by atoms with Gasteiger partial charge in [-0.25, -0.2) is 0 Å². The van der Waals surface area contributed by atoms with Crippen molar-refractivity contribution in [3.8, 4) is 0 Å². The van der Waals surface area contributed by atoms with E-state index in [1.54, 1.807) is 19.1 Å². The average Bonchev–Trinajstić information content (AvgIpc) is 2.18. The number of carbonyl (C=O) groups is 1. The van der Waals surface area contributed by atoms with Crippen LogP contribution in [0.25, 0.3) is 0 Å². The predicted molar refractivity (Wildman–Crippen MR) is 51.3 cm³/mol. The minimum atomic E-state index is -1.34. The Bertz CT molecular complexity index is 288. The van der Waals surface area contributed by atoms with Gasteiger partial charge in [0, 0.05) is 6.42 Å². The average molecular weight is 178 g/mol. The standard InChI is InChI=1S/C11H14O2/c1-3-10(12)11(2,13)9-7-5-4-6-8-9/h4-8,13H,3H2,1-2H3. The van der Waals surface area contributed by atoms with Crippen LogP contribution in [-0.2, 0) is 10.4 Å². The van der Waals surface area contributed by atoms with Crippen LogP contribution in [0.3, 0.4) is 0 Å². The summed E-state index contributed by atoms with van der Waals surface area (Å²) in [4.78, 5) is 11.4. The number of Topliss-reactive ketones (excluding diaryl/α,β-unsaturated/α-hetero) is 1. The molecule has 70 valence electrons. The van der Waals surface area contributed by atoms with Gasteiger partial charge in [0.15, 0.2) is 5.78 Å². The second-order valence-corrected chi connectivity index (χ2v) is 3.21. The van der Waals surface area contributed by atoms with E-state index in [1.165, 1.54) is 6.92 Å². The summed E-state index contributed by atoms with van der Waals surface area (Å²) in [5.41, 5.74) is -0.683. The zero-order valence-corrected chi connectivity index (χ0v) is 7.95. The Morgan fingerprint density at radius 3 is 2.38 bits per heavy atom. The highest BCUT2D eigenvalue weighted by Crippen LogP contribution is 2.22. The Kier molecular flexibility index (Phi) is 2.83. The number of hydrogen-bond donors (Lipinski definition) is 1. The van der Waals surface area contributed by atoms with Gasteiger partial charge < -0.3 is 5.11 Å². The summed E-state index contributed by atoms with van der Waals surface area (Å²) in [6.45, 7) is 3.29. The third kappa shape index (κ3) is 1.95. The molecule has 0 radical (unpaired) electrons. The van der Waals surface area contributed by atoms with Crippen LogP contribution >= 0.6 is 0 Å². The molecular weight excluding hydrogens is 164 g/mol. The Morgan fingerprint density at radius 2 is 1.92 bits per heavy atom. The number of carbonyl (C=O) groups excluding carboxylic acids is 1. The van der Waals surface area contributed by atoms with Gasteiger partial charge in [-0.2, -0.15) is 0 Å². The van der Waals surface area contributed by atoms with Crippen LogP contribution < -0.4 is 0 Å². The Morgan fingerprint density at radius 1 is 1.38 bits per heavy atom. The lowest BCUT2D eigenvalue weighted by Gasteiger charge is -2.21. The molecule has 0 amide bonds. The van der Waals surface area contributed by atoms with Crippen molar-refractivity contribution in [1.29, 1.82) is 0 Å². The summed E-state index contributed by atoms with van der Waals surface area (Å²) < 4.78 is 0. The topological polar surface area (TPSA) is 37.3 Å². The molecule has 1 aromatic rings. The summed E-state index contributed by atoms with van der Waals surface area (Å²) in [6, 6.07) is 9.00. The van der Waals surface area contributed by atoms with Crippen molar-refractivity contribution in [2.75, 3.05) is 0 Å². The van der Waals surface area contributed by atoms with Gasteiger partial charge in [0.25, 0.3) is 0 Å². The molecule has 0 saturated heterocycles. The lowest BCUT2D eigenvalue weighted by atomic mass is 9.90. The maximum Gasteiger partial charge on any atom is 0.168 e. The van der Waals surface area contributed by atoms with E-state index in [0.29, 0.717) is 12.0 Å². The zero-order valence-electron chi connectivity index (χ0n) is 7.95. The molecule has 0 fully saturated rings. The molecule has 0 aliphatic rings. The van der Waals surface area contributed by atoms with Gasteiger partial charge in [-0.1, -0.05) is 37.3 Å². The van der Waals surface area contributed by atoms with Crippen LogP contribution in [0.5, 0.6) is 0 Å². The molecule has 1 N–H and O–H groups in total. The van der Waals surface area contributed by atoms with Crippen LogP contribution in [-0.4, -0.2) is 10.9 Å². The van der Waals surface area contributed by atoms with E-state index >= 15 is 0 Å². The molecule has 0 saturated carbocycles. The third-order valence-corrected chi connectivity index (χ3v) is 2.20. The highest BCUT2D eigenvalue weighted by Gasteiger charge is 2.29. The van der Waals surface area contributed by atoms with Gasteiger partial charge in [-0.3, -0.25) is 4.79 Å². The van der Waals surface area contributed by atoms with E-state index in [1.807, 2.05) is 18.2 Å². The van der Waals surface area contributed by atoms with Gasteiger partial charge in [0.05, 0.1) is 0 Å². The minimum absolute atomic E-state index is 0.154. The number of ketones is 1. The van der Waals surface area contributed by atoms with Crippen LogP contribution in [0.15, 0.2) is 30.3 Å². The molecule has 0 aliphatic heterocycles. The van der Waals surface area contributed by atoms with E-state index in [-0.39, 0.29) is 5.78 Å². The highest BCUT2D eigenvalue weighted by molar-refractivity contribution is 5.87. The normalized spacial score (nSPS) is 15.0. The number of hydrogen-bond acceptors (Lipinski definition) is 2. The molecule has 1 unspecified atom stereocenters. The van der Waals surface area contributed by atoms with E-state index in [0.717, 1.165) is 0 Å². The second kappa shape index (κ2) is 3.71. The molecule has 0 bridgehead atoms. The first-order chi connectivity index (χ1) is 6.09. The lowest BCUT2D eigenvalue weighted by Crippen LogP contribution is -2.31. The minimum Gasteiger partial charge on any atom is -0.378 e. The maximum absolute atomic E-state index is 11.4. The summed E-state index contributed by atoms with van der Waals surface area (Å²) in [5, 5.41) is 9.90. The smallest absolute Gasteiger partial charge is 0.168 e. The van der Waals surface area contributed by atoms with Crippen molar-refractivity contribution in [2.24, 2.45) is 0 Å². The highest BCUT2D eigenvalue weighted by atomic mass is 16.3.